The summed E-state index contributed by atoms with van der Waals surface area (Å²) in [5, 5.41) is 1.57. The molecule has 0 saturated carbocycles. The van der Waals surface area contributed by atoms with Gasteiger partial charge in [0, 0.05) is 24.0 Å². The molecule has 2 aromatic heterocycles. The number of hydrogen-bond acceptors (Lipinski definition) is 6. The first-order valence-corrected chi connectivity index (χ1v) is 9.41. The number of thiazole rings is 1. The van der Waals surface area contributed by atoms with E-state index in [1.807, 2.05) is 0 Å². The van der Waals surface area contributed by atoms with E-state index in [0.29, 0.717) is 16.5 Å². The van der Waals surface area contributed by atoms with Crippen LogP contribution >= 0.6 is 23.1 Å². The minimum atomic E-state index is -0.380. The van der Waals surface area contributed by atoms with E-state index in [4.69, 9.17) is 4.74 Å². The highest BCUT2D eigenvalue weighted by Gasteiger charge is 2.20. The molecular formula is C16H20FN3OS2. The molecular weight excluding hydrogens is 333 g/mol. The van der Waals surface area contributed by atoms with Crippen molar-refractivity contribution in [3.05, 3.63) is 36.6 Å². The number of allylic oxidation sites excluding steroid dienone is 1. The van der Waals surface area contributed by atoms with Crippen molar-refractivity contribution >= 4 is 28.1 Å². The Morgan fingerprint density at radius 1 is 1.48 bits per heavy atom. The van der Waals surface area contributed by atoms with Crippen LogP contribution in [0.3, 0.4) is 0 Å². The molecule has 0 aliphatic carbocycles. The van der Waals surface area contributed by atoms with Crippen molar-refractivity contribution in [1.29, 1.82) is 0 Å². The number of rotatable bonds is 8. The van der Waals surface area contributed by atoms with Gasteiger partial charge < -0.3 is 9.64 Å². The van der Waals surface area contributed by atoms with Gasteiger partial charge in [-0.1, -0.05) is 17.9 Å². The molecule has 0 aliphatic heterocycles. The molecule has 0 atom stereocenters. The second-order valence-corrected chi connectivity index (χ2v) is 6.74. The van der Waals surface area contributed by atoms with Crippen LogP contribution in [-0.4, -0.2) is 35.6 Å². The van der Waals surface area contributed by atoms with Crippen molar-refractivity contribution in [3.8, 4) is 16.5 Å². The first-order valence-electron chi connectivity index (χ1n) is 7.20. The summed E-state index contributed by atoms with van der Waals surface area (Å²) in [6.07, 6.45) is 5.75. The minimum absolute atomic E-state index is 0.380. The van der Waals surface area contributed by atoms with Crippen molar-refractivity contribution in [2.45, 2.75) is 13.3 Å². The fourth-order valence-corrected chi connectivity index (χ4v) is 3.69. The van der Waals surface area contributed by atoms with Crippen LogP contribution in [0.4, 0.5) is 9.39 Å². The van der Waals surface area contributed by atoms with E-state index in [1.54, 1.807) is 25.1 Å². The Hall–Kier alpha value is -1.60. The van der Waals surface area contributed by atoms with Crippen LogP contribution in [-0.2, 0) is 0 Å². The van der Waals surface area contributed by atoms with Gasteiger partial charge in [0.15, 0.2) is 5.00 Å². The zero-order valence-electron chi connectivity index (χ0n) is 13.5. The van der Waals surface area contributed by atoms with E-state index >= 15 is 0 Å². The number of aromatic nitrogens is 2. The topological polar surface area (TPSA) is 38.2 Å². The Balaban J connectivity index is 2.36. The molecule has 124 valence electrons. The fraction of sp³-hybridized carbons (Fsp3) is 0.375. The fourth-order valence-electron chi connectivity index (χ4n) is 2.12. The van der Waals surface area contributed by atoms with Crippen LogP contribution in [0.2, 0.25) is 0 Å². The van der Waals surface area contributed by atoms with Gasteiger partial charge in [-0.3, -0.25) is 4.98 Å². The molecule has 23 heavy (non-hydrogen) atoms. The molecule has 0 aliphatic rings. The molecule has 0 N–H and O–H groups in total. The van der Waals surface area contributed by atoms with Gasteiger partial charge in [0.25, 0.3) is 0 Å². The lowest BCUT2D eigenvalue weighted by Gasteiger charge is -2.23. The average Bonchev–Trinajstić information content (AvgIpc) is 2.97. The van der Waals surface area contributed by atoms with Crippen molar-refractivity contribution in [1.82, 2.24) is 9.97 Å². The highest BCUT2D eigenvalue weighted by molar-refractivity contribution is 7.98. The Labute approximate surface area is 144 Å². The van der Waals surface area contributed by atoms with Crippen LogP contribution in [0.1, 0.15) is 13.3 Å². The molecule has 0 aromatic carbocycles. The molecule has 4 nitrogen and oxygen atoms in total. The Morgan fingerprint density at radius 3 is 2.87 bits per heavy atom. The number of pyridine rings is 1. The number of halogens is 1. The van der Waals surface area contributed by atoms with Gasteiger partial charge in [-0.2, -0.15) is 16.7 Å². The van der Waals surface area contributed by atoms with E-state index in [0.717, 1.165) is 29.4 Å². The molecule has 0 amide bonds. The van der Waals surface area contributed by atoms with Crippen LogP contribution in [0, 0.1) is 5.82 Å². The first kappa shape index (κ1) is 17.7. The minimum Gasteiger partial charge on any atom is -0.479 e. The highest BCUT2D eigenvalue weighted by atomic mass is 32.2. The van der Waals surface area contributed by atoms with Crippen molar-refractivity contribution in [2.24, 2.45) is 0 Å². The van der Waals surface area contributed by atoms with Crippen molar-refractivity contribution in [2.75, 3.05) is 30.6 Å². The number of hydrogen-bond donors (Lipinski definition) is 0. The molecule has 2 heterocycles. The summed E-state index contributed by atoms with van der Waals surface area (Å²) >= 11 is 3.24. The Morgan fingerprint density at radius 2 is 2.26 bits per heavy atom. The maximum atomic E-state index is 13.4. The third-order valence-electron chi connectivity index (χ3n) is 3.26. The second-order valence-electron chi connectivity index (χ2n) is 4.78. The number of thioether (sulfide) groups is 1. The summed E-state index contributed by atoms with van der Waals surface area (Å²) in [5.41, 5.74) is 1.66. The standard InChI is InChI=1S/C16H20FN3OS2/c1-5-20(11(2)6-7-22-4)16-14(21-3)19-15(23-16)12-8-13(17)10-18-9-12/h8-10H,2,5-7H2,1,3-4H3. The van der Waals surface area contributed by atoms with E-state index in [2.05, 4.69) is 34.6 Å². The number of anilines is 1. The third kappa shape index (κ3) is 4.23. The summed E-state index contributed by atoms with van der Waals surface area (Å²) in [6.45, 7) is 7.01. The zero-order valence-corrected chi connectivity index (χ0v) is 15.1. The predicted octanol–water partition coefficient (Wildman–Crippen LogP) is 4.45. The number of methoxy groups -OCH3 is 1. The predicted molar refractivity (Wildman–Crippen MR) is 97.0 cm³/mol. The van der Waals surface area contributed by atoms with E-state index in [-0.39, 0.29) is 5.82 Å². The maximum absolute atomic E-state index is 13.4. The van der Waals surface area contributed by atoms with Gasteiger partial charge in [-0.25, -0.2) is 4.39 Å². The number of ether oxygens (including phenoxy) is 1. The summed E-state index contributed by atoms with van der Waals surface area (Å²) in [5.74, 6) is 1.16. The molecule has 2 rings (SSSR count). The largest absolute Gasteiger partial charge is 0.479 e. The van der Waals surface area contributed by atoms with Gasteiger partial charge in [0.2, 0.25) is 5.88 Å². The molecule has 0 spiro atoms. The van der Waals surface area contributed by atoms with Crippen LogP contribution in [0.25, 0.3) is 10.6 Å². The molecule has 7 heteroatoms. The highest BCUT2D eigenvalue weighted by Crippen LogP contribution is 2.41. The van der Waals surface area contributed by atoms with Gasteiger partial charge in [0.1, 0.15) is 10.8 Å². The summed E-state index contributed by atoms with van der Waals surface area (Å²) in [6, 6.07) is 1.42. The van der Waals surface area contributed by atoms with E-state index in [1.165, 1.54) is 23.6 Å². The Bertz CT molecular complexity index is 675. The lowest BCUT2D eigenvalue weighted by molar-refractivity contribution is 0.401. The van der Waals surface area contributed by atoms with Gasteiger partial charge in [-0.15, -0.1) is 0 Å². The van der Waals surface area contributed by atoms with Gasteiger partial charge in [0.05, 0.1) is 13.3 Å². The summed E-state index contributed by atoms with van der Waals surface area (Å²) in [7, 11) is 1.59. The average molecular weight is 353 g/mol. The van der Waals surface area contributed by atoms with E-state index in [9.17, 15) is 4.39 Å². The first-order chi connectivity index (χ1) is 11.1. The molecule has 0 bridgehead atoms. The summed E-state index contributed by atoms with van der Waals surface area (Å²) in [4.78, 5) is 10.5. The van der Waals surface area contributed by atoms with Crippen molar-refractivity contribution in [3.63, 3.8) is 0 Å². The normalized spacial score (nSPS) is 10.6. The third-order valence-corrected chi connectivity index (χ3v) is 4.98. The van der Waals surface area contributed by atoms with Crippen LogP contribution in [0.15, 0.2) is 30.7 Å². The smallest absolute Gasteiger partial charge is 0.249 e. The van der Waals surface area contributed by atoms with Crippen LogP contribution in [0.5, 0.6) is 5.88 Å². The SMILES string of the molecule is C=C(CCSC)N(CC)c1sc(-c2cncc(F)c2)nc1OC. The lowest BCUT2D eigenvalue weighted by atomic mass is 10.3. The molecule has 0 saturated heterocycles. The van der Waals surface area contributed by atoms with Gasteiger partial charge in [-0.05, 0) is 31.4 Å². The van der Waals surface area contributed by atoms with Gasteiger partial charge >= 0.3 is 0 Å². The molecule has 0 unspecified atom stereocenters. The molecule has 2 aromatic rings. The second kappa shape index (κ2) is 8.31. The maximum Gasteiger partial charge on any atom is 0.249 e. The zero-order chi connectivity index (χ0) is 16.8. The lowest BCUT2D eigenvalue weighted by Crippen LogP contribution is -2.21. The quantitative estimate of drug-likeness (QED) is 0.701. The van der Waals surface area contributed by atoms with Crippen molar-refractivity contribution < 1.29 is 9.13 Å². The Kier molecular flexibility index (Phi) is 6.41. The van der Waals surface area contributed by atoms with E-state index < -0.39 is 0 Å². The monoisotopic (exact) mass is 353 g/mol. The summed E-state index contributed by atoms with van der Waals surface area (Å²) < 4.78 is 18.8. The van der Waals surface area contributed by atoms with Crippen LogP contribution < -0.4 is 9.64 Å². The molecule has 0 radical (unpaired) electrons. The molecule has 0 fully saturated rings. The number of nitrogens with zero attached hydrogens (tertiary/aromatic N) is 3.